The van der Waals surface area contributed by atoms with E-state index in [-0.39, 0.29) is 35.1 Å². The van der Waals surface area contributed by atoms with Gasteiger partial charge in [-0.25, -0.2) is 14.2 Å². The smallest absolute Gasteiger partial charge is 0.274 e. The number of fused-ring (bicyclic) bond motifs is 1. The number of halogens is 1. The van der Waals surface area contributed by atoms with Crippen LogP contribution in [0.2, 0.25) is 5.02 Å². The van der Waals surface area contributed by atoms with Crippen LogP contribution in [0.3, 0.4) is 0 Å². The molecule has 2 N–H and O–H groups in total. The molecule has 37 heavy (non-hydrogen) atoms. The number of anilines is 1. The maximum atomic E-state index is 13.6. The number of aromatic nitrogens is 5. The summed E-state index contributed by atoms with van der Waals surface area (Å²) in [6, 6.07) is 8.44. The number of ether oxygens (including phenoxy) is 2. The predicted octanol–water partition coefficient (Wildman–Crippen LogP) is 3.44. The van der Waals surface area contributed by atoms with Crippen molar-refractivity contribution < 1.29 is 19.1 Å². The van der Waals surface area contributed by atoms with Gasteiger partial charge in [-0.05, 0) is 56.0 Å². The van der Waals surface area contributed by atoms with Crippen LogP contribution in [-0.2, 0) is 4.74 Å². The Labute approximate surface area is 217 Å². The number of rotatable bonds is 7. The zero-order valence-corrected chi connectivity index (χ0v) is 21.2. The SMILES string of the molecule is COc1cc(C(=O)Nc2c(C)cc3ccnn3c2C(=O)NCC2CCCCO2)n(-c2ncccc2Cl)n1. The van der Waals surface area contributed by atoms with Crippen molar-refractivity contribution in [1.82, 2.24) is 29.7 Å². The minimum atomic E-state index is -0.531. The maximum absolute atomic E-state index is 13.6. The Morgan fingerprint density at radius 2 is 2.08 bits per heavy atom. The van der Waals surface area contributed by atoms with Gasteiger partial charge >= 0.3 is 0 Å². The topological polar surface area (TPSA) is 125 Å². The molecule has 192 valence electrons. The number of carbonyl (C=O) groups excluding carboxylic acids is 2. The van der Waals surface area contributed by atoms with Gasteiger partial charge in [0.15, 0.2) is 11.5 Å². The van der Waals surface area contributed by atoms with Gasteiger partial charge in [-0.1, -0.05) is 11.6 Å². The lowest BCUT2D eigenvalue weighted by atomic mass is 10.1. The molecule has 1 aliphatic rings. The molecule has 0 spiro atoms. The number of methoxy groups -OCH3 is 1. The second kappa shape index (κ2) is 10.6. The van der Waals surface area contributed by atoms with Gasteiger partial charge < -0.3 is 20.1 Å². The number of hydrogen-bond donors (Lipinski definition) is 2. The molecule has 0 saturated carbocycles. The number of amides is 2. The van der Waals surface area contributed by atoms with Gasteiger partial charge in [0.25, 0.3) is 11.8 Å². The molecule has 1 aliphatic heterocycles. The first kappa shape index (κ1) is 24.7. The molecule has 5 rings (SSSR count). The Hall–Kier alpha value is -3.96. The van der Waals surface area contributed by atoms with Crippen LogP contribution < -0.4 is 15.4 Å². The number of pyridine rings is 2. The highest BCUT2D eigenvalue weighted by molar-refractivity contribution is 6.32. The van der Waals surface area contributed by atoms with Crippen LogP contribution in [0.1, 0.15) is 45.8 Å². The summed E-state index contributed by atoms with van der Waals surface area (Å²) in [7, 11) is 1.45. The van der Waals surface area contributed by atoms with E-state index in [9.17, 15) is 9.59 Å². The van der Waals surface area contributed by atoms with Crippen LogP contribution in [0.15, 0.2) is 42.7 Å². The first-order valence-electron chi connectivity index (χ1n) is 11.9. The Kier molecular flexibility index (Phi) is 7.06. The number of nitrogens with zero attached hydrogens (tertiary/aromatic N) is 5. The Balaban J connectivity index is 1.50. The summed E-state index contributed by atoms with van der Waals surface area (Å²) in [6.45, 7) is 2.87. The van der Waals surface area contributed by atoms with E-state index in [0.29, 0.717) is 29.4 Å². The van der Waals surface area contributed by atoms with Gasteiger partial charge in [0.1, 0.15) is 5.69 Å². The van der Waals surface area contributed by atoms with E-state index < -0.39 is 5.91 Å². The Morgan fingerprint density at radius 3 is 2.84 bits per heavy atom. The lowest BCUT2D eigenvalue weighted by Crippen LogP contribution is -2.37. The summed E-state index contributed by atoms with van der Waals surface area (Å²) in [4.78, 5) is 31.3. The first-order chi connectivity index (χ1) is 18.0. The standard InChI is InChI=1S/C25H26ClN7O4/c1-15-12-16-8-10-29-32(16)22(25(35)28-14-17-6-3-4-11-37-17)21(15)30-24(34)19-13-20(36-2)31-33(19)23-18(26)7-5-9-27-23/h5,7-10,12-13,17H,3-4,6,11,14H2,1-2H3,(H,28,35)(H,30,34). The molecule has 1 fully saturated rings. The van der Waals surface area contributed by atoms with Gasteiger partial charge in [0.05, 0.1) is 35.6 Å². The third kappa shape index (κ3) is 5.00. The molecule has 0 bridgehead atoms. The average Bonchev–Trinajstić information content (AvgIpc) is 3.55. The van der Waals surface area contributed by atoms with Crippen molar-refractivity contribution in [3.05, 3.63) is 64.7 Å². The molecule has 5 heterocycles. The second-order valence-electron chi connectivity index (χ2n) is 8.66. The lowest BCUT2D eigenvalue weighted by molar-refractivity contribution is 0.0168. The highest BCUT2D eigenvalue weighted by Crippen LogP contribution is 2.27. The number of nitrogens with one attached hydrogen (secondary N) is 2. The minimum Gasteiger partial charge on any atom is -0.480 e. The molecule has 1 saturated heterocycles. The van der Waals surface area contributed by atoms with Crippen LogP contribution in [0, 0.1) is 6.92 Å². The third-order valence-corrected chi connectivity index (χ3v) is 6.46. The minimum absolute atomic E-state index is 0.0430. The monoisotopic (exact) mass is 523 g/mol. The molecular weight excluding hydrogens is 498 g/mol. The van der Waals surface area contributed by atoms with E-state index in [2.05, 4.69) is 25.8 Å². The summed E-state index contributed by atoms with van der Waals surface area (Å²) < 4.78 is 13.8. The second-order valence-corrected chi connectivity index (χ2v) is 9.07. The van der Waals surface area contributed by atoms with Crippen molar-refractivity contribution in [3.63, 3.8) is 0 Å². The van der Waals surface area contributed by atoms with Gasteiger partial charge in [0.2, 0.25) is 5.88 Å². The van der Waals surface area contributed by atoms with E-state index >= 15 is 0 Å². The molecule has 12 heteroatoms. The highest BCUT2D eigenvalue weighted by atomic mass is 35.5. The van der Waals surface area contributed by atoms with E-state index in [4.69, 9.17) is 21.1 Å². The van der Waals surface area contributed by atoms with Crippen molar-refractivity contribution in [3.8, 4) is 11.7 Å². The summed E-state index contributed by atoms with van der Waals surface area (Å²) in [5, 5.41) is 14.8. The van der Waals surface area contributed by atoms with Crippen molar-refractivity contribution in [2.75, 3.05) is 25.6 Å². The molecule has 11 nitrogen and oxygen atoms in total. The molecule has 0 aliphatic carbocycles. The molecule has 1 unspecified atom stereocenters. The maximum Gasteiger partial charge on any atom is 0.274 e. The number of hydrogen-bond acceptors (Lipinski definition) is 7. The lowest BCUT2D eigenvalue weighted by Gasteiger charge is -2.23. The summed E-state index contributed by atoms with van der Waals surface area (Å²) in [5.74, 6) is -0.434. The predicted molar refractivity (Wildman–Crippen MR) is 137 cm³/mol. The molecule has 0 radical (unpaired) electrons. The van der Waals surface area contributed by atoms with E-state index in [1.807, 2.05) is 13.0 Å². The van der Waals surface area contributed by atoms with Crippen LogP contribution in [0.4, 0.5) is 5.69 Å². The van der Waals surface area contributed by atoms with Gasteiger partial charge in [-0.15, -0.1) is 5.10 Å². The third-order valence-electron chi connectivity index (χ3n) is 6.17. The zero-order chi connectivity index (χ0) is 25.9. The fourth-order valence-electron chi connectivity index (χ4n) is 4.32. The Morgan fingerprint density at radius 1 is 1.22 bits per heavy atom. The molecule has 2 amide bonds. The van der Waals surface area contributed by atoms with Crippen molar-refractivity contribution in [2.24, 2.45) is 0 Å². The summed E-state index contributed by atoms with van der Waals surface area (Å²) in [6.07, 6.45) is 6.08. The average molecular weight is 524 g/mol. The van der Waals surface area contributed by atoms with Crippen molar-refractivity contribution in [1.29, 1.82) is 0 Å². The van der Waals surface area contributed by atoms with E-state index in [1.54, 1.807) is 30.6 Å². The quantitative estimate of drug-likeness (QED) is 0.380. The fourth-order valence-corrected chi connectivity index (χ4v) is 4.52. The normalized spacial score (nSPS) is 15.5. The van der Waals surface area contributed by atoms with Gasteiger partial charge in [-0.2, -0.15) is 5.10 Å². The van der Waals surface area contributed by atoms with Crippen LogP contribution in [-0.4, -0.2) is 62.6 Å². The first-order valence-corrected chi connectivity index (χ1v) is 12.3. The van der Waals surface area contributed by atoms with E-state index in [0.717, 1.165) is 24.8 Å². The largest absolute Gasteiger partial charge is 0.480 e. The van der Waals surface area contributed by atoms with Gasteiger partial charge in [0, 0.05) is 25.4 Å². The van der Waals surface area contributed by atoms with Crippen LogP contribution >= 0.6 is 11.6 Å². The van der Waals surface area contributed by atoms with Crippen molar-refractivity contribution in [2.45, 2.75) is 32.3 Å². The van der Waals surface area contributed by atoms with Crippen LogP contribution in [0.25, 0.3) is 11.3 Å². The van der Waals surface area contributed by atoms with E-state index in [1.165, 1.54) is 22.4 Å². The summed E-state index contributed by atoms with van der Waals surface area (Å²) in [5.41, 5.74) is 2.07. The fraction of sp³-hybridized carbons (Fsp3) is 0.320. The number of carbonyl (C=O) groups is 2. The molecule has 4 aromatic rings. The number of aryl methyl sites for hydroxylation is 1. The molecule has 4 aromatic heterocycles. The summed E-state index contributed by atoms with van der Waals surface area (Å²) >= 11 is 6.32. The molecule has 1 atom stereocenters. The zero-order valence-electron chi connectivity index (χ0n) is 20.4. The van der Waals surface area contributed by atoms with Crippen molar-refractivity contribution >= 4 is 34.6 Å². The molecule has 0 aromatic carbocycles. The molecular formula is C25H26ClN7O4. The van der Waals surface area contributed by atoms with Gasteiger partial charge in [-0.3, -0.25) is 9.59 Å². The highest BCUT2D eigenvalue weighted by Gasteiger charge is 2.25. The Bertz CT molecular complexity index is 1460. The van der Waals surface area contributed by atoms with Crippen LogP contribution in [0.5, 0.6) is 5.88 Å².